The lowest BCUT2D eigenvalue weighted by atomic mass is 9.87. The number of carbonyl (C=O) groups is 1. The average molecular weight is 523 g/mol. The molecule has 8 rings (SSSR count). The fourth-order valence-electron chi connectivity index (χ4n) is 5.67. The first kappa shape index (κ1) is 23.4. The van der Waals surface area contributed by atoms with Gasteiger partial charge in [0.05, 0.1) is 30.4 Å². The molecule has 0 saturated carbocycles. The Morgan fingerprint density at radius 3 is 2.74 bits per heavy atom. The number of nitrogens with one attached hydrogen (secondary N) is 1. The van der Waals surface area contributed by atoms with Gasteiger partial charge in [-0.2, -0.15) is 5.10 Å². The van der Waals surface area contributed by atoms with Gasteiger partial charge >= 0.3 is 5.97 Å². The molecule has 0 aromatic carbocycles. The van der Waals surface area contributed by atoms with E-state index in [1.54, 1.807) is 24.0 Å². The Hall–Kier alpha value is -4.77. The van der Waals surface area contributed by atoms with E-state index in [0.29, 0.717) is 29.4 Å². The molecule has 0 radical (unpaired) electrons. The Bertz CT molecular complexity index is 1680. The van der Waals surface area contributed by atoms with E-state index >= 15 is 0 Å². The standard InChI is InChI=1S/C28H26N8O3/c1-3-26(37)39-21-9-22(27-23-12-31-32-28(23)33-36(27)16-21)18-5-6-24(29-11-18)34-14-19-8-20(15-34)35(19)13-17-4-7-25(38-2)30-10-17/h3-7,9-12,16,19-20H,1,8,13-15H2,2H3,(H,32,33). The summed E-state index contributed by atoms with van der Waals surface area (Å²) in [6, 6.07) is 10.9. The van der Waals surface area contributed by atoms with Gasteiger partial charge in [0.15, 0.2) is 5.65 Å². The SMILES string of the molecule is C=CC(=O)Oc1cc(-c2ccc(N3CC4CC(C3)N4Cc3ccc(OC)nc3)nc2)c2c3cn[nH]c3nn2c1. The van der Waals surface area contributed by atoms with E-state index in [9.17, 15) is 4.79 Å². The summed E-state index contributed by atoms with van der Waals surface area (Å²) < 4.78 is 12.3. The highest BCUT2D eigenvalue weighted by atomic mass is 16.5. The van der Waals surface area contributed by atoms with Crippen LogP contribution in [0, 0.1) is 0 Å². The molecule has 5 aromatic rings. The Morgan fingerprint density at radius 2 is 2.03 bits per heavy atom. The van der Waals surface area contributed by atoms with Crippen LogP contribution < -0.4 is 14.4 Å². The number of piperidine rings is 1. The van der Waals surface area contributed by atoms with Crippen molar-refractivity contribution in [3.63, 3.8) is 0 Å². The number of H-pyrrole nitrogens is 1. The number of ether oxygens (including phenoxy) is 2. The Labute approximate surface area is 223 Å². The van der Waals surface area contributed by atoms with Crippen LogP contribution >= 0.6 is 0 Å². The van der Waals surface area contributed by atoms with Crippen molar-refractivity contribution in [3.05, 3.63) is 73.3 Å². The second kappa shape index (κ2) is 9.21. The van der Waals surface area contributed by atoms with Crippen molar-refractivity contribution in [1.29, 1.82) is 0 Å². The van der Waals surface area contributed by atoms with Crippen molar-refractivity contribution in [2.75, 3.05) is 25.1 Å². The van der Waals surface area contributed by atoms with E-state index in [2.05, 4.69) is 54.9 Å². The Morgan fingerprint density at radius 1 is 1.15 bits per heavy atom. The average Bonchev–Trinajstić information content (AvgIpc) is 3.57. The molecule has 5 aromatic heterocycles. The number of methoxy groups -OCH3 is 1. The zero-order valence-electron chi connectivity index (χ0n) is 21.3. The van der Waals surface area contributed by atoms with Crippen LogP contribution in [0.1, 0.15) is 12.0 Å². The molecule has 3 saturated heterocycles. The summed E-state index contributed by atoms with van der Waals surface area (Å²) >= 11 is 0. The van der Waals surface area contributed by atoms with Crippen LogP contribution in [0.15, 0.2) is 67.8 Å². The van der Waals surface area contributed by atoms with Crippen LogP contribution in [0.5, 0.6) is 11.6 Å². The van der Waals surface area contributed by atoms with Crippen LogP contribution in [0.2, 0.25) is 0 Å². The van der Waals surface area contributed by atoms with Gasteiger partial charge < -0.3 is 14.4 Å². The number of rotatable bonds is 7. The van der Waals surface area contributed by atoms with Gasteiger partial charge in [0, 0.05) is 67.4 Å². The molecule has 196 valence electrons. The Kier molecular flexibility index (Phi) is 5.51. The molecule has 39 heavy (non-hydrogen) atoms. The van der Waals surface area contributed by atoms with E-state index in [1.165, 1.54) is 12.0 Å². The number of hydrogen-bond acceptors (Lipinski definition) is 9. The monoisotopic (exact) mass is 522 g/mol. The van der Waals surface area contributed by atoms with Crippen molar-refractivity contribution >= 4 is 28.3 Å². The van der Waals surface area contributed by atoms with E-state index in [4.69, 9.17) is 14.5 Å². The summed E-state index contributed by atoms with van der Waals surface area (Å²) in [4.78, 5) is 26.0. The summed E-state index contributed by atoms with van der Waals surface area (Å²) in [5.74, 6) is 1.42. The van der Waals surface area contributed by atoms with E-state index in [-0.39, 0.29) is 0 Å². The highest BCUT2D eigenvalue weighted by molar-refractivity contribution is 6.01. The van der Waals surface area contributed by atoms with Gasteiger partial charge in [-0.15, -0.1) is 5.10 Å². The predicted molar refractivity (Wildman–Crippen MR) is 145 cm³/mol. The second-order valence-electron chi connectivity index (χ2n) is 9.87. The number of fused-ring (bicyclic) bond motifs is 5. The van der Waals surface area contributed by atoms with Crippen LogP contribution in [-0.4, -0.2) is 72.9 Å². The van der Waals surface area contributed by atoms with Gasteiger partial charge in [-0.3, -0.25) is 10.00 Å². The number of carbonyl (C=O) groups excluding carboxylic acids is 1. The fraction of sp³-hybridized carbons (Fsp3) is 0.250. The quantitative estimate of drug-likeness (QED) is 0.254. The summed E-state index contributed by atoms with van der Waals surface area (Å²) in [6.07, 6.45) is 9.51. The number of hydrogen-bond donors (Lipinski definition) is 1. The van der Waals surface area contributed by atoms with Crippen LogP contribution in [0.25, 0.3) is 27.7 Å². The first-order valence-corrected chi connectivity index (χ1v) is 12.8. The maximum Gasteiger partial charge on any atom is 0.335 e. The van der Waals surface area contributed by atoms with Crippen molar-refractivity contribution in [2.45, 2.75) is 25.0 Å². The maximum atomic E-state index is 11.9. The first-order chi connectivity index (χ1) is 19.1. The lowest BCUT2D eigenvalue weighted by Gasteiger charge is -2.56. The zero-order chi connectivity index (χ0) is 26.5. The predicted octanol–water partition coefficient (Wildman–Crippen LogP) is 3.23. The highest BCUT2D eigenvalue weighted by Gasteiger charge is 2.44. The molecule has 2 unspecified atom stereocenters. The molecule has 11 heteroatoms. The third-order valence-electron chi connectivity index (χ3n) is 7.59. The van der Waals surface area contributed by atoms with E-state index in [1.807, 2.05) is 24.5 Å². The third-order valence-corrected chi connectivity index (χ3v) is 7.59. The second-order valence-corrected chi connectivity index (χ2v) is 9.87. The molecule has 3 aliphatic rings. The minimum Gasteiger partial charge on any atom is -0.481 e. The summed E-state index contributed by atoms with van der Waals surface area (Å²) in [5.41, 5.74) is 4.43. The largest absolute Gasteiger partial charge is 0.481 e. The molecule has 0 spiro atoms. The molecular formula is C28H26N8O3. The Balaban J connectivity index is 1.12. The zero-order valence-corrected chi connectivity index (χ0v) is 21.3. The third kappa shape index (κ3) is 4.07. The molecule has 0 aliphatic carbocycles. The van der Waals surface area contributed by atoms with Crippen LogP contribution in [-0.2, 0) is 11.3 Å². The number of anilines is 1. The van der Waals surface area contributed by atoms with Crippen molar-refractivity contribution in [1.82, 2.24) is 34.7 Å². The molecule has 3 fully saturated rings. The molecule has 2 bridgehead atoms. The fourth-order valence-corrected chi connectivity index (χ4v) is 5.67. The summed E-state index contributed by atoms with van der Waals surface area (Å²) in [5, 5.41) is 12.4. The van der Waals surface area contributed by atoms with Crippen molar-refractivity contribution < 1.29 is 14.3 Å². The molecule has 1 N–H and O–H groups in total. The normalized spacial score (nSPS) is 18.7. The number of pyridine rings is 3. The van der Waals surface area contributed by atoms with Crippen molar-refractivity contribution in [2.24, 2.45) is 0 Å². The summed E-state index contributed by atoms with van der Waals surface area (Å²) in [6.45, 7) is 6.24. The summed E-state index contributed by atoms with van der Waals surface area (Å²) in [7, 11) is 1.63. The number of piperazine rings is 1. The smallest absolute Gasteiger partial charge is 0.335 e. The molecule has 8 heterocycles. The van der Waals surface area contributed by atoms with Crippen LogP contribution in [0.4, 0.5) is 5.82 Å². The molecule has 3 aliphatic heterocycles. The van der Waals surface area contributed by atoms with Gasteiger partial charge in [0.2, 0.25) is 5.88 Å². The topological polar surface area (TPSA) is 114 Å². The van der Waals surface area contributed by atoms with E-state index < -0.39 is 5.97 Å². The van der Waals surface area contributed by atoms with Crippen molar-refractivity contribution in [3.8, 4) is 22.8 Å². The minimum atomic E-state index is -0.533. The van der Waals surface area contributed by atoms with Gasteiger partial charge in [-0.1, -0.05) is 12.6 Å². The van der Waals surface area contributed by atoms with Gasteiger partial charge in [0.25, 0.3) is 0 Å². The molecule has 0 amide bonds. The highest BCUT2D eigenvalue weighted by Crippen LogP contribution is 2.37. The molecule has 11 nitrogen and oxygen atoms in total. The van der Waals surface area contributed by atoms with Crippen LogP contribution in [0.3, 0.4) is 0 Å². The lowest BCUT2D eigenvalue weighted by molar-refractivity contribution is -0.128. The number of aromatic amines is 1. The van der Waals surface area contributed by atoms with Gasteiger partial charge in [0.1, 0.15) is 11.6 Å². The maximum absolute atomic E-state index is 11.9. The number of nitrogens with zero attached hydrogens (tertiary/aromatic N) is 7. The molecular weight excluding hydrogens is 496 g/mol. The van der Waals surface area contributed by atoms with Gasteiger partial charge in [-0.25, -0.2) is 19.3 Å². The van der Waals surface area contributed by atoms with Gasteiger partial charge in [-0.05, 0) is 30.2 Å². The minimum absolute atomic E-state index is 0.368. The molecule has 2 atom stereocenters. The number of aromatic nitrogens is 6. The van der Waals surface area contributed by atoms with E-state index in [0.717, 1.165) is 53.6 Å². The first-order valence-electron chi connectivity index (χ1n) is 12.8. The lowest BCUT2D eigenvalue weighted by Crippen LogP contribution is -2.68. The number of esters is 1.